The number of aldehydes is 1. The number of rotatable bonds is 2. The molecule has 0 aliphatic carbocycles. The van der Waals surface area contributed by atoms with Crippen LogP contribution in [0.3, 0.4) is 0 Å². The first kappa shape index (κ1) is 11.7. The number of carbonyl (C=O) groups is 1. The topological polar surface area (TPSA) is 42.9 Å². The highest BCUT2D eigenvalue weighted by Gasteiger charge is 2.09. The van der Waals surface area contributed by atoms with E-state index < -0.39 is 0 Å². The van der Waals surface area contributed by atoms with Gasteiger partial charge in [0, 0.05) is 11.8 Å². The second kappa shape index (κ2) is 4.59. The van der Waals surface area contributed by atoms with Crippen LogP contribution in [0.15, 0.2) is 24.4 Å². The molecule has 0 atom stereocenters. The van der Waals surface area contributed by atoms with Crippen LogP contribution in [0.1, 0.15) is 16.2 Å². The molecule has 5 heteroatoms. The van der Waals surface area contributed by atoms with Crippen LogP contribution in [0.5, 0.6) is 0 Å². The molecule has 0 aliphatic rings. The van der Waals surface area contributed by atoms with Crippen LogP contribution in [0.2, 0.25) is 5.02 Å². The summed E-state index contributed by atoms with van der Waals surface area (Å²) in [5, 5.41) is 0.388. The number of aryl methyl sites for hydroxylation is 1. The summed E-state index contributed by atoms with van der Waals surface area (Å²) in [6.07, 6.45) is 1.96. The average Bonchev–Trinajstić information content (AvgIpc) is 2.34. The smallest absolute Gasteiger partial charge is 0.193 e. The SMILES string of the molecule is Cc1cc(Cl)c(-c2ccnc(C=O)n2)cc1F. The largest absolute Gasteiger partial charge is 0.294 e. The molecule has 0 saturated carbocycles. The lowest BCUT2D eigenvalue weighted by molar-refractivity contribution is 0.111. The summed E-state index contributed by atoms with van der Waals surface area (Å²) in [5.41, 5.74) is 1.33. The Morgan fingerprint density at radius 1 is 1.41 bits per heavy atom. The highest BCUT2D eigenvalue weighted by Crippen LogP contribution is 2.28. The summed E-state index contributed by atoms with van der Waals surface area (Å²) in [5.74, 6) is -0.324. The third kappa shape index (κ3) is 2.31. The quantitative estimate of drug-likeness (QED) is 0.770. The van der Waals surface area contributed by atoms with Gasteiger partial charge in [-0.1, -0.05) is 11.6 Å². The Labute approximate surface area is 102 Å². The van der Waals surface area contributed by atoms with Crippen LogP contribution in [0.4, 0.5) is 4.39 Å². The molecular weight excluding hydrogens is 243 g/mol. The van der Waals surface area contributed by atoms with Crippen LogP contribution in [0.25, 0.3) is 11.3 Å². The van der Waals surface area contributed by atoms with Gasteiger partial charge < -0.3 is 0 Å². The van der Waals surface area contributed by atoms with Crippen molar-refractivity contribution in [3.8, 4) is 11.3 Å². The molecule has 0 amide bonds. The fourth-order valence-corrected chi connectivity index (χ4v) is 1.74. The van der Waals surface area contributed by atoms with Crippen molar-refractivity contribution in [2.75, 3.05) is 0 Å². The van der Waals surface area contributed by atoms with Gasteiger partial charge in [-0.15, -0.1) is 0 Å². The molecule has 17 heavy (non-hydrogen) atoms. The zero-order chi connectivity index (χ0) is 12.4. The van der Waals surface area contributed by atoms with Gasteiger partial charge in [-0.2, -0.15) is 0 Å². The molecular formula is C12H8ClFN2O. The van der Waals surface area contributed by atoms with Crippen molar-refractivity contribution < 1.29 is 9.18 Å². The van der Waals surface area contributed by atoms with E-state index in [1.807, 2.05) is 0 Å². The van der Waals surface area contributed by atoms with E-state index in [1.165, 1.54) is 18.3 Å². The minimum atomic E-state index is -0.365. The molecule has 2 aromatic rings. The first-order valence-corrected chi connectivity index (χ1v) is 5.24. The highest BCUT2D eigenvalue weighted by atomic mass is 35.5. The van der Waals surface area contributed by atoms with Crippen molar-refractivity contribution in [3.63, 3.8) is 0 Å². The zero-order valence-electron chi connectivity index (χ0n) is 8.95. The van der Waals surface area contributed by atoms with Crippen LogP contribution in [-0.4, -0.2) is 16.3 Å². The van der Waals surface area contributed by atoms with Crippen LogP contribution in [-0.2, 0) is 0 Å². The summed E-state index contributed by atoms with van der Waals surface area (Å²) in [4.78, 5) is 18.3. The Morgan fingerprint density at radius 2 is 2.18 bits per heavy atom. The summed E-state index contributed by atoms with van der Waals surface area (Å²) >= 11 is 6.02. The Balaban J connectivity index is 2.59. The van der Waals surface area contributed by atoms with E-state index in [2.05, 4.69) is 9.97 Å². The molecule has 1 aromatic carbocycles. The molecule has 2 rings (SSSR count). The predicted molar refractivity (Wildman–Crippen MR) is 62.6 cm³/mol. The second-order valence-electron chi connectivity index (χ2n) is 3.50. The number of carbonyl (C=O) groups excluding carboxylic acids is 1. The molecule has 0 N–H and O–H groups in total. The van der Waals surface area contributed by atoms with Gasteiger partial charge in [0.2, 0.25) is 0 Å². The van der Waals surface area contributed by atoms with E-state index in [1.54, 1.807) is 13.0 Å². The number of hydrogen-bond acceptors (Lipinski definition) is 3. The van der Waals surface area contributed by atoms with Crippen molar-refractivity contribution in [2.24, 2.45) is 0 Å². The standard InChI is InChI=1S/C12H8ClFN2O/c1-7-4-9(13)8(5-10(7)14)11-2-3-15-12(6-17)16-11/h2-6H,1H3. The summed E-state index contributed by atoms with van der Waals surface area (Å²) < 4.78 is 13.5. The van der Waals surface area contributed by atoms with Gasteiger partial charge in [0.15, 0.2) is 12.1 Å². The first-order chi connectivity index (χ1) is 8.11. The normalized spacial score (nSPS) is 10.3. The average molecular weight is 251 g/mol. The van der Waals surface area contributed by atoms with Gasteiger partial charge in [-0.3, -0.25) is 4.79 Å². The molecule has 0 saturated heterocycles. The Kier molecular flexibility index (Phi) is 3.15. The summed E-state index contributed by atoms with van der Waals surface area (Å²) in [6, 6.07) is 4.40. The Morgan fingerprint density at radius 3 is 2.88 bits per heavy atom. The van der Waals surface area contributed by atoms with Gasteiger partial charge in [0.25, 0.3) is 0 Å². The van der Waals surface area contributed by atoms with Gasteiger partial charge >= 0.3 is 0 Å². The molecule has 0 aliphatic heterocycles. The van der Waals surface area contributed by atoms with Gasteiger partial charge in [-0.25, -0.2) is 14.4 Å². The molecule has 1 aromatic heterocycles. The third-order valence-corrected chi connectivity index (χ3v) is 2.62. The molecule has 0 fully saturated rings. The maximum absolute atomic E-state index is 13.5. The lowest BCUT2D eigenvalue weighted by Crippen LogP contribution is -1.95. The van der Waals surface area contributed by atoms with Gasteiger partial charge in [0.05, 0.1) is 10.7 Å². The molecule has 0 unspecified atom stereocenters. The molecule has 0 spiro atoms. The van der Waals surface area contributed by atoms with Crippen LogP contribution < -0.4 is 0 Å². The molecule has 0 bridgehead atoms. The molecule has 86 valence electrons. The van der Waals surface area contributed by atoms with Crippen molar-refractivity contribution >= 4 is 17.9 Å². The first-order valence-electron chi connectivity index (χ1n) is 4.86. The predicted octanol–water partition coefficient (Wildman–Crippen LogP) is 3.06. The van der Waals surface area contributed by atoms with Crippen LogP contribution >= 0.6 is 11.6 Å². The van der Waals surface area contributed by atoms with E-state index in [-0.39, 0.29) is 11.6 Å². The minimum Gasteiger partial charge on any atom is -0.294 e. The third-order valence-electron chi connectivity index (χ3n) is 2.30. The zero-order valence-corrected chi connectivity index (χ0v) is 9.70. The number of nitrogens with zero attached hydrogens (tertiary/aromatic N) is 2. The second-order valence-corrected chi connectivity index (χ2v) is 3.91. The van der Waals surface area contributed by atoms with Gasteiger partial charge in [-0.05, 0) is 30.7 Å². The van der Waals surface area contributed by atoms with Crippen molar-refractivity contribution in [2.45, 2.75) is 6.92 Å². The van der Waals surface area contributed by atoms with E-state index in [0.717, 1.165) is 0 Å². The fraction of sp³-hybridized carbons (Fsp3) is 0.0833. The molecule has 3 nitrogen and oxygen atoms in total. The number of benzene rings is 1. The number of halogens is 2. The lowest BCUT2D eigenvalue weighted by atomic mass is 10.1. The monoisotopic (exact) mass is 250 g/mol. The van der Waals surface area contributed by atoms with Crippen LogP contribution in [0, 0.1) is 12.7 Å². The Hall–Kier alpha value is -1.81. The van der Waals surface area contributed by atoms with Crippen molar-refractivity contribution in [1.29, 1.82) is 0 Å². The highest BCUT2D eigenvalue weighted by molar-refractivity contribution is 6.33. The fourth-order valence-electron chi connectivity index (χ4n) is 1.42. The number of hydrogen-bond donors (Lipinski definition) is 0. The summed E-state index contributed by atoms with van der Waals surface area (Å²) in [6.45, 7) is 1.63. The maximum atomic E-state index is 13.5. The van der Waals surface area contributed by atoms with E-state index in [0.29, 0.717) is 28.1 Å². The lowest BCUT2D eigenvalue weighted by Gasteiger charge is -2.06. The summed E-state index contributed by atoms with van der Waals surface area (Å²) in [7, 11) is 0. The maximum Gasteiger partial charge on any atom is 0.193 e. The number of aromatic nitrogens is 2. The van der Waals surface area contributed by atoms with E-state index >= 15 is 0 Å². The van der Waals surface area contributed by atoms with E-state index in [9.17, 15) is 9.18 Å². The van der Waals surface area contributed by atoms with Crippen molar-refractivity contribution in [3.05, 3.63) is 46.6 Å². The van der Waals surface area contributed by atoms with E-state index in [4.69, 9.17) is 11.6 Å². The molecule has 0 radical (unpaired) electrons. The van der Waals surface area contributed by atoms with Crippen molar-refractivity contribution in [1.82, 2.24) is 9.97 Å². The minimum absolute atomic E-state index is 0.0412. The Bertz CT molecular complexity index is 587. The molecule has 1 heterocycles. The van der Waals surface area contributed by atoms with Gasteiger partial charge in [0.1, 0.15) is 5.82 Å².